The number of nitrogens with zero attached hydrogens (tertiary/aromatic N) is 2. The van der Waals surface area contributed by atoms with Gasteiger partial charge in [-0.2, -0.15) is 0 Å². The lowest BCUT2D eigenvalue weighted by atomic mass is 10.2. The average Bonchev–Trinajstić information content (AvgIpc) is 2.80. The van der Waals surface area contributed by atoms with Crippen LogP contribution in [0.25, 0.3) is 0 Å². The summed E-state index contributed by atoms with van der Waals surface area (Å²) in [7, 11) is 4.15. The molecule has 1 aromatic heterocycles. The fourth-order valence-electron chi connectivity index (χ4n) is 1.68. The predicted octanol–water partition coefficient (Wildman–Crippen LogP) is 2.20. The van der Waals surface area contributed by atoms with Crippen LogP contribution in [0.3, 0.4) is 0 Å². The van der Waals surface area contributed by atoms with E-state index in [1.165, 1.54) is 11.3 Å². The average molecular weight is 254 g/mol. The third-order valence-electron chi connectivity index (χ3n) is 2.69. The second-order valence-electron chi connectivity index (χ2n) is 4.43. The maximum Gasteiger partial charge on any atom is 0.186 e. The maximum atomic E-state index is 11.9. The molecule has 4 heteroatoms. The summed E-state index contributed by atoms with van der Waals surface area (Å²) in [6.07, 6.45) is 1.11. The van der Waals surface area contributed by atoms with E-state index in [0.29, 0.717) is 6.54 Å². The van der Waals surface area contributed by atoms with Crippen LogP contribution in [-0.4, -0.2) is 55.9 Å². The Balaban J connectivity index is 2.34. The summed E-state index contributed by atoms with van der Waals surface area (Å²) in [5, 5.41) is 1.95. The highest BCUT2D eigenvalue weighted by molar-refractivity contribution is 7.12. The number of carbonyl (C=O) groups is 1. The molecular formula is C13H22N2OS. The van der Waals surface area contributed by atoms with Gasteiger partial charge in [0.25, 0.3) is 0 Å². The van der Waals surface area contributed by atoms with Crippen LogP contribution < -0.4 is 0 Å². The van der Waals surface area contributed by atoms with E-state index in [2.05, 4.69) is 30.8 Å². The van der Waals surface area contributed by atoms with Gasteiger partial charge in [-0.3, -0.25) is 9.69 Å². The molecule has 1 rings (SSSR count). The molecule has 0 radical (unpaired) electrons. The second kappa shape index (κ2) is 7.58. The Kier molecular flexibility index (Phi) is 6.40. The molecule has 1 heterocycles. The van der Waals surface area contributed by atoms with Crippen LogP contribution in [-0.2, 0) is 0 Å². The number of hydrogen-bond acceptors (Lipinski definition) is 4. The maximum absolute atomic E-state index is 11.9. The molecule has 0 aliphatic rings. The lowest BCUT2D eigenvalue weighted by molar-refractivity contribution is 0.0936. The van der Waals surface area contributed by atoms with Crippen molar-refractivity contribution < 1.29 is 4.79 Å². The van der Waals surface area contributed by atoms with Crippen molar-refractivity contribution in [2.45, 2.75) is 13.3 Å². The van der Waals surface area contributed by atoms with Crippen molar-refractivity contribution >= 4 is 17.1 Å². The van der Waals surface area contributed by atoms with E-state index in [1.54, 1.807) is 0 Å². The Morgan fingerprint density at radius 2 is 2.12 bits per heavy atom. The number of hydrogen-bond donors (Lipinski definition) is 0. The fraction of sp³-hybridized carbons (Fsp3) is 0.615. The van der Waals surface area contributed by atoms with E-state index in [4.69, 9.17) is 0 Å². The number of thiophene rings is 1. The Bertz CT molecular complexity index is 322. The van der Waals surface area contributed by atoms with Crippen molar-refractivity contribution in [3.63, 3.8) is 0 Å². The number of Topliss-reactive ketones (excluding diaryl/α,β-unsaturated/α-hetero) is 1. The minimum atomic E-state index is 0.242. The van der Waals surface area contributed by atoms with E-state index < -0.39 is 0 Å². The highest BCUT2D eigenvalue weighted by atomic mass is 32.1. The molecule has 1 aromatic rings. The summed E-state index contributed by atoms with van der Waals surface area (Å²) in [5.74, 6) is 0.242. The molecule has 0 amide bonds. The number of rotatable bonds is 8. The van der Waals surface area contributed by atoms with Crippen molar-refractivity contribution in [3.8, 4) is 0 Å². The van der Waals surface area contributed by atoms with Gasteiger partial charge in [0.2, 0.25) is 0 Å². The summed E-state index contributed by atoms with van der Waals surface area (Å²) in [6, 6.07) is 3.83. The molecule has 0 unspecified atom stereocenters. The van der Waals surface area contributed by atoms with Gasteiger partial charge in [0.05, 0.1) is 11.4 Å². The van der Waals surface area contributed by atoms with E-state index >= 15 is 0 Å². The van der Waals surface area contributed by atoms with Crippen molar-refractivity contribution in [1.29, 1.82) is 0 Å². The molecule has 0 aliphatic carbocycles. The highest BCUT2D eigenvalue weighted by Crippen LogP contribution is 2.10. The highest BCUT2D eigenvalue weighted by Gasteiger charge is 2.11. The van der Waals surface area contributed by atoms with Crippen LogP contribution in [0.2, 0.25) is 0 Å². The summed E-state index contributed by atoms with van der Waals surface area (Å²) >= 11 is 1.53. The quantitative estimate of drug-likeness (QED) is 0.665. The van der Waals surface area contributed by atoms with E-state index in [0.717, 1.165) is 30.9 Å². The topological polar surface area (TPSA) is 23.6 Å². The zero-order valence-corrected chi connectivity index (χ0v) is 11.8. The Hall–Kier alpha value is -0.710. The van der Waals surface area contributed by atoms with Crippen LogP contribution >= 0.6 is 11.3 Å². The van der Waals surface area contributed by atoms with Crippen LogP contribution in [0.5, 0.6) is 0 Å². The summed E-state index contributed by atoms with van der Waals surface area (Å²) in [6.45, 7) is 5.65. The van der Waals surface area contributed by atoms with Gasteiger partial charge in [-0.15, -0.1) is 11.3 Å². The number of ketones is 1. The first-order valence-electron chi connectivity index (χ1n) is 6.07. The van der Waals surface area contributed by atoms with Gasteiger partial charge in [-0.05, 0) is 51.6 Å². The smallest absolute Gasteiger partial charge is 0.186 e. The minimum absolute atomic E-state index is 0.242. The Morgan fingerprint density at radius 1 is 1.35 bits per heavy atom. The third kappa shape index (κ3) is 5.44. The van der Waals surface area contributed by atoms with Crippen LogP contribution in [0.15, 0.2) is 17.5 Å². The van der Waals surface area contributed by atoms with Gasteiger partial charge >= 0.3 is 0 Å². The van der Waals surface area contributed by atoms with Crippen LogP contribution in [0, 0.1) is 0 Å². The second-order valence-corrected chi connectivity index (χ2v) is 5.37. The normalized spacial score (nSPS) is 11.4. The molecule has 3 nitrogen and oxygen atoms in total. The van der Waals surface area contributed by atoms with Crippen LogP contribution in [0.4, 0.5) is 0 Å². The molecule has 96 valence electrons. The van der Waals surface area contributed by atoms with Gasteiger partial charge < -0.3 is 4.90 Å². The Morgan fingerprint density at radius 3 is 2.65 bits per heavy atom. The molecule has 0 fully saturated rings. The monoisotopic (exact) mass is 254 g/mol. The predicted molar refractivity (Wildman–Crippen MR) is 73.9 cm³/mol. The molecule has 0 aliphatic heterocycles. The van der Waals surface area contributed by atoms with Crippen molar-refractivity contribution in [1.82, 2.24) is 9.80 Å². The molecule has 0 atom stereocenters. The Labute approximate surface area is 108 Å². The van der Waals surface area contributed by atoms with Gasteiger partial charge in [-0.1, -0.05) is 13.0 Å². The van der Waals surface area contributed by atoms with Gasteiger partial charge in [-0.25, -0.2) is 0 Å². The molecule has 0 N–H and O–H groups in total. The van der Waals surface area contributed by atoms with Gasteiger partial charge in [0.15, 0.2) is 5.78 Å². The first kappa shape index (κ1) is 14.4. The lowest BCUT2D eigenvalue weighted by Gasteiger charge is -2.20. The number of carbonyl (C=O) groups excluding carboxylic acids is 1. The zero-order chi connectivity index (χ0) is 12.7. The largest absolute Gasteiger partial charge is 0.309 e. The zero-order valence-electron chi connectivity index (χ0n) is 11.0. The molecule has 0 aromatic carbocycles. The first-order valence-corrected chi connectivity index (χ1v) is 6.95. The molecule has 0 spiro atoms. The van der Waals surface area contributed by atoms with E-state index in [9.17, 15) is 4.79 Å². The van der Waals surface area contributed by atoms with Crippen LogP contribution in [0.1, 0.15) is 23.0 Å². The van der Waals surface area contributed by atoms with E-state index in [-0.39, 0.29) is 5.78 Å². The SMILES string of the molecule is CCN(CCCN(C)C)CC(=O)c1cccs1. The van der Waals surface area contributed by atoms with Gasteiger partial charge in [0.1, 0.15) is 0 Å². The third-order valence-corrected chi connectivity index (χ3v) is 3.60. The lowest BCUT2D eigenvalue weighted by Crippen LogP contribution is -2.32. The summed E-state index contributed by atoms with van der Waals surface area (Å²) < 4.78 is 0. The van der Waals surface area contributed by atoms with E-state index in [1.807, 2.05) is 17.5 Å². The standard InChI is InChI=1S/C13H22N2OS/c1-4-15(9-6-8-14(2)3)11-12(16)13-7-5-10-17-13/h5,7,10H,4,6,8-9,11H2,1-3H3. The summed E-state index contributed by atoms with van der Waals surface area (Å²) in [4.78, 5) is 17.2. The molecular weight excluding hydrogens is 232 g/mol. The summed E-state index contributed by atoms with van der Waals surface area (Å²) in [5.41, 5.74) is 0. The van der Waals surface area contributed by atoms with Crippen molar-refractivity contribution in [2.24, 2.45) is 0 Å². The molecule has 0 bridgehead atoms. The molecule has 17 heavy (non-hydrogen) atoms. The van der Waals surface area contributed by atoms with Crippen molar-refractivity contribution in [3.05, 3.63) is 22.4 Å². The first-order chi connectivity index (χ1) is 8.13. The number of likely N-dealkylation sites (N-methyl/N-ethyl adjacent to an activating group) is 1. The molecule has 0 saturated carbocycles. The molecule has 0 saturated heterocycles. The van der Waals surface area contributed by atoms with Gasteiger partial charge in [0, 0.05) is 0 Å². The minimum Gasteiger partial charge on any atom is -0.309 e. The van der Waals surface area contributed by atoms with Crippen molar-refractivity contribution in [2.75, 3.05) is 40.3 Å². The fourth-order valence-corrected chi connectivity index (χ4v) is 2.33.